The first-order valence-electron chi connectivity index (χ1n) is 13.1. The Labute approximate surface area is 212 Å². The first-order valence-corrected chi connectivity index (χ1v) is 13.1. The molecule has 35 heavy (non-hydrogen) atoms. The standard InChI is InChI=1S/C28H48O7/c1-8-10-13-17-24(34-23(4)30)18-16-21-28(22(3)29,26(32)35-27(5,6)7)20-15-12-11-14-19-25(31)33-9-2/h8,24H,1,9-21H2,2-7H3. The van der Waals surface area contributed by atoms with Crippen LogP contribution in [0.15, 0.2) is 12.7 Å². The number of ether oxygens (including phenoxy) is 3. The summed E-state index contributed by atoms with van der Waals surface area (Å²) in [5.74, 6) is -1.22. The number of rotatable bonds is 19. The number of Topliss-reactive ketones (excluding diaryl/α,β-unsaturated/α-hetero) is 1. The summed E-state index contributed by atoms with van der Waals surface area (Å²) in [6, 6.07) is 0. The fourth-order valence-electron chi connectivity index (χ4n) is 4.10. The van der Waals surface area contributed by atoms with E-state index in [0.717, 1.165) is 25.7 Å². The van der Waals surface area contributed by atoms with Crippen LogP contribution in [-0.2, 0) is 33.4 Å². The number of allylic oxidation sites excluding steroid dienone is 1. The maximum atomic E-state index is 13.3. The molecule has 0 aliphatic carbocycles. The number of esters is 3. The van der Waals surface area contributed by atoms with Crippen LogP contribution in [0.3, 0.4) is 0 Å². The van der Waals surface area contributed by atoms with E-state index in [1.807, 2.05) is 6.08 Å². The van der Waals surface area contributed by atoms with Crippen LogP contribution in [0.25, 0.3) is 0 Å². The molecule has 0 rings (SSSR count). The van der Waals surface area contributed by atoms with Gasteiger partial charge in [0.05, 0.1) is 6.61 Å². The number of hydrogen-bond donors (Lipinski definition) is 0. The average Bonchev–Trinajstić information content (AvgIpc) is 2.73. The highest BCUT2D eigenvalue weighted by atomic mass is 16.6. The lowest BCUT2D eigenvalue weighted by Gasteiger charge is -2.33. The molecule has 0 aromatic rings. The van der Waals surface area contributed by atoms with Crippen molar-refractivity contribution in [2.24, 2.45) is 5.41 Å². The fraction of sp³-hybridized carbons (Fsp3) is 0.786. The van der Waals surface area contributed by atoms with Crippen LogP contribution in [0, 0.1) is 5.41 Å². The molecule has 0 spiro atoms. The van der Waals surface area contributed by atoms with Gasteiger partial charge < -0.3 is 14.2 Å². The monoisotopic (exact) mass is 496 g/mol. The van der Waals surface area contributed by atoms with Gasteiger partial charge in [-0.3, -0.25) is 19.2 Å². The van der Waals surface area contributed by atoms with Crippen LogP contribution >= 0.6 is 0 Å². The number of hydrogen-bond acceptors (Lipinski definition) is 7. The summed E-state index contributed by atoms with van der Waals surface area (Å²) in [5.41, 5.74) is -1.93. The molecule has 0 fully saturated rings. The minimum atomic E-state index is -1.23. The Morgan fingerprint density at radius 3 is 2.03 bits per heavy atom. The van der Waals surface area contributed by atoms with Crippen LogP contribution in [0.1, 0.15) is 119 Å². The van der Waals surface area contributed by atoms with Crippen molar-refractivity contribution in [3.63, 3.8) is 0 Å². The van der Waals surface area contributed by atoms with E-state index in [1.54, 1.807) is 27.7 Å². The molecule has 0 aromatic heterocycles. The maximum absolute atomic E-state index is 13.3. The van der Waals surface area contributed by atoms with Crippen molar-refractivity contribution >= 4 is 23.7 Å². The van der Waals surface area contributed by atoms with Gasteiger partial charge in [0.1, 0.15) is 22.9 Å². The third-order valence-corrected chi connectivity index (χ3v) is 5.90. The lowest BCUT2D eigenvalue weighted by Crippen LogP contribution is -2.43. The van der Waals surface area contributed by atoms with Gasteiger partial charge in [0.2, 0.25) is 0 Å². The Morgan fingerprint density at radius 2 is 1.49 bits per heavy atom. The van der Waals surface area contributed by atoms with Gasteiger partial charge in [-0.05, 0) is 86.0 Å². The van der Waals surface area contributed by atoms with Crippen molar-refractivity contribution in [1.82, 2.24) is 0 Å². The van der Waals surface area contributed by atoms with Crippen molar-refractivity contribution in [1.29, 1.82) is 0 Å². The molecule has 202 valence electrons. The molecule has 2 unspecified atom stereocenters. The van der Waals surface area contributed by atoms with E-state index < -0.39 is 17.0 Å². The van der Waals surface area contributed by atoms with Gasteiger partial charge in [-0.25, -0.2) is 0 Å². The third kappa shape index (κ3) is 14.7. The predicted molar refractivity (Wildman–Crippen MR) is 137 cm³/mol. The van der Waals surface area contributed by atoms with Crippen LogP contribution in [0.5, 0.6) is 0 Å². The van der Waals surface area contributed by atoms with Crippen LogP contribution in [-0.4, -0.2) is 42.0 Å². The molecule has 0 heterocycles. The molecular weight excluding hydrogens is 448 g/mol. The molecular formula is C28H48O7. The highest BCUT2D eigenvalue weighted by molar-refractivity contribution is 6.02. The number of unbranched alkanes of at least 4 members (excludes halogenated alkanes) is 4. The summed E-state index contributed by atoms with van der Waals surface area (Å²) < 4.78 is 16.1. The van der Waals surface area contributed by atoms with E-state index in [-0.39, 0.29) is 23.8 Å². The Morgan fingerprint density at radius 1 is 0.886 bits per heavy atom. The largest absolute Gasteiger partial charge is 0.466 e. The van der Waals surface area contributed by atoms with Gasteiger partial charge in [0.25, 0.3) is 0 Å². The van der Waals surface area contributed by atoms with Gasteiger partial charge in [-0.1, -0.05) is 25.3 Å². The minimum Gasteiger partial charge on any atom is -0.466 e. The summed E-state index contributed by atoms with van der Waals surface area (Å²) in [6.45, 7) is 14.1. The molecule has 0 aliphatic rings. The highest BCUT2D eigenvalue weighted by Crippen LogP contribution is 2.36. The lowest BCUT2D eigenvalue weighted by molar-refractivity contribution is -0.171. The molecule has 0 bridgehead atoms. The zero-order valence-corrected chi connectivity index (χ0v) is 22.9. The SMILES string of the molecule is C=CCCCC(CCCC(CCCCCCC(=O)OCC)(C(C)=O)C(=O)OC(C)(C)C)OC(C)=O. The lowest BCUT2D eigenvalue weighted by atomic mass is 9.74. The van der Waals surface area contributed by atoms with Crippen molar-refractivity contribution in [3.05, 3.63) is 12.7 Å². The second-order valence-corrected chi connectivity index (χ2v) is 10.2. The second kappa shape index (κ2) is 17.3. The van der Waals surface area contributed by atoms with Gasteiger partial charge >= 0.3 is 17.9 Å². The van der Waals surface area contributed by atoms with Gasteiger partial charge in [0.15, 0.2) is 0 Å². The van der Waals surface area contributed by atoms with Crippen molar-refractivity contribution in [2.75, 3.05) is 6.61 Å². The first kappa shape index (κ1) is 32.8. The number of carbonyl (C=O) groups excluding carboxylic acids is 4. The van der Waals surface area contributed by atoms with Gasteiger partial charge in [-0.2, -0.15) is 0 Å². The maximum Gasteiger partial charge on any atom is 0.320 e. The Balaban J connectivity index is 5.23. The fourth-order valence-corrected chi connectivity index (χ4v) is 4.10. The topological polar surface area (TPSA) is 96.0 Å². The summed E-state index contributed by atoms with van der Waals surface area (Å²) in [5, 5.41) is 0. The number of ketones is 1. The molecule has 0 aromatic carbocycles. The normalized spacial score (nSPS) is 13.9. The average molecular weight is 497 g/mol. The van der Waals surface area contributed by atoms with Crippen molar-refractivity contribution in [3.8, 4) is 0 Å². The smallest absolute Gasteiger partial charge is 0.320 e. The highest BCUT2D eigenvalue weighted by Gasteiger charge is 2.45. The summed E-state index contributed by atoms with van der Waals surface area (Å²) >= 11 is 0. The molecule has 0 saturated heterocycles. The minimum absolute atomic E-state index is 0.199. The molecule has 2 atom stereocenters. The van der Waals surface area contributed by atoms with E-state index >= 15 is 0 Å². The Hall–Kier alpha value is -2.18. The van der Waals surface area contributed by atoms with Crippen LogP contribution in [0.2, 0.25) is 0 Å². The summed E-state index contributed by atoms with van der Waals surface area (Å²) in [7, 11) is 0. The van der Waals surface area contributed by atoms with E-state index in [9.17, 15) is 19.2 Å². The second-order valence-electron chi connectivity index (χ2n) is 10.2. The molecule has 0 amide bonds. The summed E-state index contributed by atoms with van der Waals surface area (Å²) in [4.78, 5) is 49.2. The number of carbonyl (C=O) groups is 4. The Bertz CT molecular complexity index is 677. The zero-order chi connectivity index (χ0) is 26.9. The first-order chi connectivity index (χ1) is 16.4. The molecule has 7 nitrogen and oxygen atoms in total. The molecule has 0 radical (unpaired) electrons. The molecule has 0 aliphatic heterocycles. The van der Waals surface area contributed by atoms with Crippen molar-refractivity contribution in [2.45, 2.75) is 130 Å². The van der Waals surface area contributed by atoms with E-state index in [0.29, 0.717) is 58.0 Å². The molecule has 7 heteroatoms. The third-order valence-electron chi connectivity index (χ3n) is 5.90. The summed E-state index contributed by atoms with van der Waals surface area (Å²) in [6.07, 6.45) is 9.26. The van der Waals surface area contributed by atoms with E-state index in [1.165, 1.54) is 13.8 Å². The van der Waals surface area contributed by atoms with Crippen LogP contribution < -0.4 is 0 Å². The Kier molecular flexibility index (Phi) is 16.2. The molecule has 0 N–H and O–H groups in total. The van der Waals surface area contributed by atoms with Gasteiger partial charge in [0, 0.05) is 13.3 Å². The van der Waals surface area contributed by atoms with Gasteiger partial charge in [-0.15, -0.1) is 6.58 Å². The van der Waals surface area contributed by atoms with E-state index in [2.05, 4.69) is 6.58 Å². The van der Waals surface area contributed by atoms with Crippen LogP contribution in [0.4, 0.5) is 0 Å². The van der Waals surface area contributed by atoms with E-state index in [4.69, 9.17) is 14.2 Å². The quantitative estimate of drug-likeness (QED) is 0.0684. The molecule has 0 saturated carbocycles. The zero-order valence-electron chi connectivity index (χ0n) is 22.9. The predicted octanol–water partition coefficient (Wildman–Crippen LogP) is 6.27. The van der Waals surface area contributed by atoms with Crippen molar-refractivity contribution < 1.29 is 33.4 Å².